The molecule has 1 heterocycles. The molecule has 0 aromatic heterocycles. The molecule has 1 atom stereocenters. The van der Waals surface area contributed by atoms with Crippen molar-refractivity contribution in [3.63, 3.8) is 0 Å². The fourth-order valence-electron chi connectivity index (χ4n) is 2.22. The van der Waals surface area contributed by atoms with E-state index in [4.69, 9.17) is 0 Å². The Morgan fingerprint density at radius 2 is 2.33 bits per heavy atom. The van der Waals surface area contributed by atoms with Crippen LogP contribution in [0, 0.1) is 6.92 Å². The monoisotopic (exact) mass is 204 g/mol. The zero-order valence-electron chi connectivity index (χ0n) is 9.13. The van der Waals surface area contributed by atoms with E-state index in [9.17, 15) is 4.79 Å². The maximum atomic E-state index is 11.1. The Bertz CT molecular complexity index is 387. The molecule has 0 saturated carbocycles. The van der Waals surface area contributed by atoms with Gasteiger partial charge in [-0.3, -0.25) is 4.79 Å². The Labute approximate surface area is 89.9 Å². The molecule has 1 aliphatic heterocycles. The number of benzene rings is 1. The maximum absolute atomic E-state index is 11.1. The van der Waals surface area contributed by atoms with Crippen LogP contribution in [0.3, 0.4) is 0 Å². The lowest BCUT2D eigenvalue weighted by atomic mass is 9.92. The molecule has 1 aliphatic rings. The SMILES string of the molecule is CC(=O)NC1CNCc2cccc(C)c21. The molecular weight excluding hydrogens is 188 g/mol. The second-order valence-electron chi connectivity index (χ2n) is 4.03. The number of carbonyl (C=O) groups excluding carboxylic acids is 1. The smallest absolute Gasteiger partial charge is 0.217 e. The van der Waals surface area contributed by atoms with Gasteiger partial charge in [-0.25, -0.2) is 0 Å². The van der Waals surface area contributed by atoms with Gasteiger partial charge in [-0.15, -0.1) is 0 Å². The van der Waals surface area contributed by atoms with Gasteiger partial charge in [0.1, 0.15) is 0 Å². The van der Waals surface area contributed by atoms with Gasteiger partial charge in [0.25, 0.3) is 0 Å². The highest BCUT2D eigenvalue weighted by Crippen LogP contribution is 2.25. The van der Waals surface area contributed by atoms with Crippen molar-refractivity contribution in [1.29, 1.82) is 0 Å². The van der Waals surface area contributed by atoms with Crippen molar-refractivity contribution in [2.75, 3.05) is 6.54 Å². The summed E-state index contributed by atoms with van der Waals surface area (Å²) in [5.74, 6) is 0.0258. The molecule has 0 fully saturated rings. The normalized spacial score (nSPS) is 19.5. The molecule has 1 amide bonds. The average molecular weight is 204 g/mol. The average Bonchev–Trinajstić information content (AvgIpc) is 2.17. The van der Waals surface area contributed by atoms with Crippen molar-refractivity contribution < 1.29 is 4.79 Å². The summed E-state index contributed by atoms with van der Waals surface area (Å²) in [5, 5.41) is 6.29. The van der Waals surface area contributed by atoms with E-state index in [2.05, 4.69) is 35.8 Å². The Morgan fingerprint density at radius 3 is 3.07 bits per heavy atom. The number of amides is 1. The highest BCUT2D eigenvalue weighted by Gasteiger charge is 2.21. The van der Waals surface area contributed by atoms with Crippen LogP contribution in [0.15, 0.2) is 18.2 Å². The minimum atomic E-state index is 0.0258. The molecule has 15 heavy (non-hydrogen) atoms. The summed E-state index contributed by atoms with van der Waals surface area (Å²) in [4.78, 5) is 11.1. The molecule has 0 aliphatic carbocycles. The van der Waals surface area contributed by atoms with E-state index >= 15 is 0 Å². The summed E-state index contributed by atoms with van der Waals surface area (Å²) >= 11 is 0. The molecule has 0 spiro atoms. The van der Waals surface area contributed by atoms with Gasteiger partial charge in [-0.05, 0) is 23.6 Å². The van der Waals surface area contributed by atoms with Crippen LogP contribution in [-0.4, -0.2) is 12.5 Å². The molecule has 0 saturated heterocycles. The van der Waals surface area contributed by atoms with Crippen LogP contribution in [0.25, 0.3) is 0 Å². The summed E-state index contributed by atoms with van der Waals surface area (Å²) in [6.07, 6.45) is 0. The number of hydrogen-bond acceptors (Lipinski definition) is 2. The zero-order valence-corrected chi connectivity index (χ0v) is 9.13. The highest BCUT2D eigenvalue weighted by atomic mass is 16.1. The first-order valence-corrected chi connectivity index (χ1v) is 5.24. The molecule has 2 N–H and O–H groups in total. The van der Waals surface area contributed by atoms with Crippen molar-refractivity contribution >= 4 is 5.91 Å². The van der Waals surface area contributed by atoms with Gasteiger partial charge in [-0.1, -0.05) is 18.2 Å². The van der Waals surface area contributed by atoms with Crippen LogP contribution >= 0.6 is 0 Å². The number of carbonyl (C=O) groups is 1. The summed E-state index contributed by atoms with van der Waals surface area (Å²) in [5.41, 5.74) is 3.83. The first-order valence-electron chi connectivity index (χ1n) is 5.24. The Balaban J connectivity index is 2.36. The predicted molar refractivity (Wildman–Crippen MR) is 59.4 cm³/mol. The summed E-state index contributed by atoms with van der Waals surface area (Å²) in [7, 11) is 0. The molecule has 2 rings (SSSR count). The van der Waals surface area contributed by atoms with Crippen LogP contribution in [0.4, 0.5) is 0 Å². The van der Waals surface area contributed by atoms with Crippen molar-refractivity contribution in [2.24, 2.45) is 0 Å². The first kappa shape index (κ1) is 10.2. The Kier molecular flexibility index (Phi) is 2.73. The third-order valence-corrected chi connectivity index (χ3v) is 2.80. The van der Waals surface area contributed by atoms with Gasteiger partial charge >= 0.3 is 0 Å². The Hall–Kier alpha value is -1.35. The molecule has 1 aromatic carbocycles. The topological polar surface area (TPSA) is 41.1 Å². The second kappa shape index (κ2) is 4.03. The molecule has 1 unspecified atom stereocenters. The van der Waals surface area contributed by atoms with Gasteiger partial charge in [0, 0.05) is 20.0 Å². The summed E-state index contributed by atoms with van der Waals surface area (Å²) < 4.78 is 0. The van der Waals surface area contributed by atoms with E-state index in [0.29, 0.717) is 0 Å². The molecule has 80 valence electrons. The van der Waals surface area contributed by atoms with Crippen molar-refractivity contribution in [1.82, 2.24) is 10.6 Å². The minimum absolute atomic E-state index is 0.0258. The van der Waals surface area contributed by atoms with E-state index < -0.39 is 0 Å². The van der Waals surface area contributed by atoms with Crippen LogP contribution in [0.2, 0.25) is 0 Å². The highest BCUT2D eigenvalue weighted by molar-refractivity contribution is 5.73. The molecular formula is C12H16N2O. The lowest BCUT2D eigenvalue weighted by molar-refractivity contribution is -0.119. The van der Waals surface area contributed by atoms with Crippen LogP contribution < -0.4 is 10.6 Å². The van der Waals surface area contributed by atoms with E-state index in [-0.39, 0.29) is 11.9 Å². The second-order valence-corrected chi connectivity index (χ2v) is 4.03. The third-order valence-electron chi connectivity index (χ3n) is 2.80. The van der Waals surface area contributed by atoms with E-state index in [0.717, 1.165) is 13.1 Å². The van der Waals surface area contributed by atoms with Crippen LogP contribution in [-0.2, 0) is 11.3 Å². The van der Waals surface area contributed by atoms with E-state index in [1.807, 2.05) is 0 Å². The van der Waals surface area contributed by atoms with Crippen LogP contribution in [0.5, 0.6) is 0 Å². The molecule has 3 nitrogen and oxygen atoms in total. The zero-order chi connectivity index (χ0) is 10.8. The first-order chi connectivity index (χ1) is 7.18. The number of aryl methyl sites for hydroxylation is 1. The fraction of sp³-hybridized carbons (Fsp3) is 0.417. The summed E-state index contributed by atoms with van der Waals surface area (Å²) in [6, 6.07) is 6.39. The third kappa shape index (κ3) is 2.02. The van der Waals surface area contributed by atoms with E-state index in [1.54, 1.807) is 6.92 Å². The van der Waals surface area contributed by atoms with Gasteiger partial charge < -0.3 is 10.6 Å². The van der Waals surface area contributed by atoms with Crippen molar-refractivity contribution in [3.05, 3.63) is 34.9 Å². The van der Waals surface area contributed by atoms with Gasteiger partial charge in [0.05, 0.1) is 6.04 Å². The quantitative estimate of drug-likeness (QED) is 0.723. The Morgan fingerprint density at radius 1 is 1.53 bits per heavy atom. The van der Waals surface area contributed by atoms with Gasteiger partial charge in [0.2, 0.25) is 5.91 Å². The number of nitrogens with one attached hydrogen (secondary N) is 2. The number of fused-ring (bicyclic) bond motifs is 1. The van der Waals surface area contributed by atoms with Crippen molar-refractivity contribution in [3.8, 4) is 0 Å². The van der Waals surface area contributed by atoms with Gasteiger partial charge in [-0.2, -0.15) is 0 Å². The van der Waals surface area contributed by atoms with Crippen LogP contribution in [0.1, 0.15) is 29.7 Å². The lowest BCUT2D eigenvalue weighted by Crippen LogP contribution is -2.38. The number of hydrogen-bond donors (Lipinski definition) is 2. The minimum Gasteiger partial charge on any atom is -0.348 e. The molecule has 0 bridgehead atoms. The number of rotatable bonds is 1. The maximum Gasteiger partial charge on any atom is 0.217 e. The largest absolute Gasteiger partial charge is 0.348 e. The fourth-order valence-corrected chi connectivity index (χ4v) is 2.22. The van der Waals surface area contributed by atoms with Gasteiger partial charge in [0.15, 0.2) is 0 Å². The lowest BCUT2D eigenvalue weighted by Gasteiger charge is -2.28. The van der Waals surface area contributed by atoms with Crippen molar-refractivity contribution in [2.45, 2.75) is 26.4 Å². The molecule has 0 radical (unpaired) electrons. The summed E-state index contributed by atoms with van der Waals surface area (Å²) in [6.45, 7) is 5.37. The standard InChI is InChI=1S/C12H16N2O/c1-8-4-3-5-10-6-13-7-11(12(8)10)14-9(2)15/h3-5,11,13H,6-7H2,1-2H3,(H,14,15). The van der Waals surface area contributed by atoms with E-state index in [1.165, 1.54) is 16.7 Å². The molecule has 3 heteroatoms. The molecule has 1 aromatic rings. The predicted octanol–water partition coefficient (Wildman–Crippen LogP) is 1.28.